The molecule has 0 saturated carbocycles. The number of hydrogen-bond acceptors (Lipinski definition) is 7. The van der Waals surface area contributed by atoms with Gasteiger partial charge in [-0.05, 0) is 53.5 Å². The molecule has 3 rings (SSSR count). The lowest BCUT2D eigenvalue weighted by Crippen LogP contribution is -2.11. The Hall–Kier alpha value is -3.13. The van der Waals surface area contributed by atoms with E-state index in [1.54, 1.807) is 44.2 Å². The number of aryl methyl sites for hydroxylation is 1. The van der Waals surface area contributed by atoms with Crippen LogP contribution in [0, 0.1) is 6.92 Å². The highest BCUT2D eigenvalue weighted by atomic mass is 79.9. The van der Waals surface area contributed by atoms with Gasteiger partial charge in [0, 0.05) is 0 Å². The summed E-state index contributed by atoms with van der Waals surface area (Å²) in [5.74, 6) is -0.976. The summed E-state index contributed by atoms with van der Waals surface area (Å²) in [4.78, 5) is 36.5. The van der Waals surface area contributed by atoms with E-state index >= 15 is 0 Å². The van der Waals surface area contributed by atoms with E-state index in [4.69, 9.17) is 18.6 Å². The fourth-order valence-corrected chi connectivity index (χ4v) is 3.49. The van der Waals surface area contributed by atoms with Crippen LogP contribution in [0.1, 0.15) is 43.8 Å². The Balaban J connectivity index is 2.13. The first-order chi connectivity index (χ1) is 13.9. The molecule has 0 aliphatic carbocycles. The van der Waals surface area contributed by atoms with Gasteiger partial charge in [-0.3, -0.25) is 4.79 Å². The molecule has 1 heterocycles. The number of aldehydes is 1. The molecule has 0 spiro atoms. The van der Waals surface area contributed by atoms with Crippen LogP contribution in [-0.4, -0.2) is 31.9 Å². The van der Waals surface area contributed by atoms with E-state index in [9.17, 15) is 14.4 Å². The Bertz CT molecular complexity index is 1110. The van der Waals surface area contributed by atoms with Crippen molar-refractivity contribution in [1.29, 1.82) is 0 Å². The van der Waals surface area contributed by atoms with Crippen molar-refractivity contribution < 1.29 is 33.0 Å². The van der Waals surface area contributed by atoms with E-state index in [2.05, 4.69) is 15.9 Å². The monoisotopic (exact) mass is 460 g/mol. The maximum atomic E-state index is 12.7. The van der Waals surface area contributed by atoms with Crippen molar-refractivity contribution in [3.8, 4) is 11.5 Å². The zero-order valence-electron chi connectivity index (χ0n) is 15.9. The molecule has 0 bridgehead atoms. The summed E-state index contributed by atoms with van der Waals surface area (Å²) in [7, 11) is 1.45. The SMILES string of the molecule is CCOC(=O)c1c(C=O)oc2c(C)cc(OC(=O)c3ccccc3OC)c(Br)c12. The van der Waals surface area contributed by atoms with Gasteiger partial charge in [0.2, 0.25) is 0 Å². The summed E-state index contributed by atoms with van der Waals surface area (Å²) in [6.07, 6.45) is 0.443. The second kappa shape index (κ2) is 8.48. The van der Waals surface area contributed by atoms with Crippen LogP contribution >= 0.6 is 15.9 Å². The lowest BCUT2D eigenvalue weighted by atomic mass is 10.1. The maximum Gasteiger partial charge on any atom is 0.347 e. The van der Waals surface area contributed by atoms with Gasteiger partial charge in [-0.2, -0.15) is 0 Å². The number of benzene rings is 2. The minimum Gasteiger partial charge on any atom is -0.496 e. The van der Waals surface area contributed by atoms with Gasteiger partial charge >= 0.3 is 11.9 Å². The molecule has 3 aromatic rings. The van der Waals surface area contributed by atoms with Gasteiger partial charge in [0.05, 0.1) is 23.6 Å². The number of furan rings is 1. The van der Waals surface area contributed by atoms with Crippen LogP contribution in [-0.2, 0) is 4.74 Å². The molecule has 0 radical (unpaired) electrons. The van der Waals surface area contributed by atoms with E-state index in [-0.39, 0.29) is 29.2 Å². The van der Waals surface area contributed by atoms with Crippen LogP contribution < -0.4 is 9.47 Å². The summed E-state index contributed by atoms with van der Waals surface area (Å²) in [5.41, 5.74) is 1.11. The summed E-state index contributed by atoms with van der Waals surface area (Å²) >= 11 is 3.37. The predicted octanol–water partition coefficient (Wildman–Crippen LogP) is 4.72. The molecule has 7 nitrogen and oxygen atoms in total. The first kappa shape index (κ1) is 20.6. The van der Waals surface area contributed by atoms with Crippen molar-refractivity contribution >= 4 is 45.1 Å². The highest BCUT2D eigenvalue weighted by Crippen LogP contribution is 2.40. The van der Waals surface area contributed by atoms with Gasteiger partial charge in [0.15, 0.2) is 12.0 Å². The number of carbonyl (C=O) groups excluding carboxylic acids is 3. The average Bonchev–Trinajstić information content (AvgIpc) is 3.12. The Labute approximate surface area is 174 Å². The largest absolute Gasteiger partial charge is 0.496 e. The van der Waals surface area contributed by atoms with Crippen molar-refractivity contribution in [3.05, 3.63) is 57.3 Å². The second-order valence-corrected chi connectivity index (χ2v) is 6.77. The first-order valence-electron chi connectivity index (χ1n) is 8.66. The van der Waals surface area contributed by atoms with E-state index < -0.39 is 11.9 Å². The molecule has 150 valence electrons. The van der Waals surface area contributed by atoms with E-state index in [0.29, 0.717) is 33.0 Å². The zero-order chi connectivity index (χ0) is 21.1. The number of ether oxygens (including phenoxy) is 3. The molecule has 0 aliphatic rings. The number of carbonyl (C=O) groups is 3. The maximum absolute atomic E-state index is 12.7. The Morgan fingerprint density at radius 2 is 1.90 bits per heavy atom. The summed E-state index contributed by atoms with van der Waals surface area (Å²) in [5, 5.41) is 0.299. The Morgan fingerprint density at radius 1 is 1.17 bits per heavy atom. The van der Waals surface area contributed by atoms with Crippen LogP contribution in [0.3, 0.4) is 0 Å². The smallest absolute Gasteiger partial charge is 0.347 e. The molecule has 0 atom stereocenters. The third kappa shape index (κ3) is 3.75. The number of fused-ring (bicyclic) bond motifs is 1. The fraction of sp³-hybridized carbons (Fsp3) is 0.190. The molecule has 8 heteroatoms. The highest BCUT2D eigenvalue weighted by Gasteiger charge is 2.27. The number of halogens is 1. The first-order valence-corrected chi connectivity index (χ1v) is 9.45. The molecule has 0 aliphatic heterocycles. The lowest BCUT2D eigenvalue weighted by Gasteiger charge is -2.11. The van der Waals surface area contributed by atoms with E-state index in [0.717, 1.165) is 0 Å². The number of hydrogen-bond donors (Lipinski definition) is 0. The second-order valence-electron chi connectivity index (χ2n) is 5.98. The fourth-order valence-electron chi connectivity index (χ4n) is 2.92. The molecule has 0 N–H and O–H groups in total. The molecular weight excluding hydrogens is 444 g/mol. The molecule has 0 saturated heterocycles. The number of methoxy groups -OCH3 is 1. The standard InChI is InChI=1S/C21H17BrO7/c1-4-27-21(25)16-15(10-23)28-19-11(2)9-14(18(22)17(16)19)29-20(24)12-7-5-6-8-13(12)26-3/h5-10H,4H2,1-3H3. The average molecular weight is 461 g/mol. The molecule has 2 aromatic carbocycles. The van der Waals surface area contributed by atoms with E-state index in [1.807, 2.05) is 0 Å². The van der Waals surface area contributed by atoms with Gasteiger partial charge in [-0.25, -0.2) is 9.59 Å². The Kier molecular flexibility index (Phi) is 6.03. The molecule has 1 aromatic heterocycles. The molecule has 0 amide bonds. The molecule has 0 unspecified atom stereocenters. The van der Waals surface area contributed by atoms with Crippen LogP contribution in [0.5, 0.6) is 11.5 Å². The van der Waals surface area contributed by atoms with E-state index in [1.165, 1.54) is 7.11 Å². The van der Waals surface area contributed by atoms with Crippen molar-refractivity contribution in [2.75, 3.05) is 13.7 Å². The molecule has 29 heavy (non-hydrogen) atoms. The highest BCUT2D eigenvalue weighted by molar-refractivity contribution is 9.10. The molecule has 0 fully saturated rings. The summed E-state index contributed by atoms with van der Waals surface area (Å²) in [6.45, 7) is 3.49. The third-order valence-electron chi connectivity index (χ3n) is 4.19. The minimum atomic E-state index is -0.707. The quantitative estimate of drug-likeness (QED) is 0.298. The Morgan fingerprint density at radius 3 is 2.55 bits per heavy atom. The topological polar surface area (TPSA) is 92.0 Å². The van der Waals surface area contributed by atoms with Crippen LogP contribution in [0.25, 0.3) is 11.0 Å². The van der Waals surface area contributed by atoms with Crippen molar-refractivity contribution in [3.63, 3.8) is 0 Å². The summed E-state index contributed by atoms with van der Waals surface area (Å²) < 4.78 is 21.6. The summed E-state index contributed by atoms with van der Waals surface area (Å²) in [6, 6.07) is 8.22. The van der Waals surface area contributed by atoms with Crippen LogP contribution in [0.4, 0.5) is 0 Å². The number of esters is 2. The van der Waals surface area contributed by atoms with Crippen molar-refractivity contribution in [2.24, 2.45) is 0 Å². The van der Waals surface area contributed by atoms with Gasteiger partial charge < -0.3 is 18.6 Å². The minimum absolute atomic E-state index is 0.0259. The lowest BCUT2D eigenvalue weighted by molar-refractivity contribution is 0.0524. The van der Waals surface area contributed by atoms with Crippen molar-refractivity contribution in [1.82, 2.24) is 0 Å². The van der Waals surface area contributed by atoms with Gasteiger partial charge in [-0.1, -0.05) is 12.1 Å². The predicted molar refractivity (Wildman–Crippen MR) is 108 cm³/mol. The zero-order valence-corrected chi connectivity index (χ0v) is 17.5. The van der Waals surface area contributed by atoms with Gasteiger partial charge in [0.25, 0.3) is 0 Å². The molecular formula is C21H17BrO7. The number of rotatable bonds is 6. The third-order valence-corrected chi connectivity index (χ3v) is 4.98. The van der Waals surface area contributed by atoms with Gasteiger partial charge in [0.1, 0.15) is 28.2 Å². The number of para-hydroxylation sites is 1. The van der Waals surface area contributed by atoms with Crippen LogP contribution in [0.15, 0.2) is 39.2 Å². The van der Waals surface area contributed by atoms with Crippen LogP contribution in [0.2, 0.25) is 0 Å². The van der Waals surface area contributed by atoms with Crippen molar-refractivity contribution in [2.45, 2.75) is 13.8 Å². The van der Waals surface area contributed by atoms with Gasteiger partial charge in [-0.15, -0.1) is 0 Å². The normalized spacial score (nSPS) is 10.6.